The first-order valence-corrected chi connectivity index (χ1v) is 10.9. The molecule has 7 heteroatoms. The number of rotatable bonds is 6. The fraction of sp³-hybridized carbons (Fsp3) is 0.364. The van der Waals surface area contributed by atoms with E-state index in [0.717, 1.165) is 38.0 Å². The van der Waals surface area contributed by atoms with Gasteiger partial charge >= 0.3 is 0 Å². The summed E-state index contributed by atoms with van der Waals surface area (Å²) in [6.45, 7) is 3.59. The molecule has 3 aromatic rings. The van der Waals surface area contributed by atoms with E-state index in [-0.39, 0.29) is 11.2 Å². The van der Waals surface area contributed by atoms with E-state index in [2.05, 4.69) is 45.9 Å². The Hall–Kier alpha value is -2.67. The highest BCUT2D eigenvalue weighted by Crippen LogP contribution is 2.27. The monoisotopic (exact) mass is 407 g/mol. The lowest BCUT2D eigenvalue weighted by Crippen LogP contribution is -2.42. The summed E-state index contributed by atoms with van der Waals surface area (Å²) >= 11 is 1.41. The van der Waals surface area contributed by atoms with Crippen LogP contribution >= 0.6 is 11.8 Å². The Balaban J connectivity index is 1.32. The maximum atomic E-state index is 13.0. The van der Waals surface area contributed by atoms with Gasteiger partial charge in [-0.05, 0) is 60.2 Å². The lowest BCUT2D eigenvalue weighted by atomic mass is 9.90. The number of carbonyl (C=O) groups excluding carboxylic acids is 1. The van der Waals surface area contributed by atoms with Crippen LogP contribution < -0.4 is 0 Å². The van der Waals surface area contributed by atoms with Crippen molar-refractivity contribution in [2.24, 2.45) is 5.92 Å². The third-order valence-electron chi connectivity index (χ3n) is 5.37. The Morgan fingerprint density at radius 2 is 1.72 bits per heavy atom. The normalized spacial score (nSPS) is 16.0. The minimum absolute atomic E-state index is 0.163. The number of amides is 1. The lowest BCUT2D eigenvalue weighted by molar-refractivity contribution is -0.131. The SMILES string of the molecule is C[C@H](Sc1nnnn1-c1ccccc1)C(=O)N1CCC(Cc2ccccc2)CC1. The van der Waals surface area contributed by atoms with Crippen molar-refractivity contribution in [3.05, 3.63) is 66.2 Å². The number of benzene rings is 2. The van der Waals surface area contributed by atoms with E-state index in [9.17, 15) is 4.79 Å². The second-order valence-electron chi connectivity index (χ2n) is 7.43. The molecule has 1 aliphatic rings. The van der Waals surface area contributed by atoms with E-state index in [0.29, 0.717) is 11.1 Å². The molecule has 1 saturated heterocycles. The van der Waals surface area contributed by atoms with Gasteiger partial charge in [-0.2, -0.15) is 4.68 Å². The third-order valence-corrected chi connectivity index (χ3v) is 6.39. The Morgan fingerprint density at radius 1 is 1.07 bits per heavy atom. The van der Waals surface area contributed by atoms with Crippen LogP contribution in [0.1, 0.15) is 25.3 Å². The van der Waals surface area contributed by atoms with Crippen molar-refractivity contribution in [3.8, 4) is 5.69 Å². The maximum absolute atomic E-state index is 13.0. The van der Waals surface area contributed by atoms with Crippen LogP contribution in [0, 0.1) is 5.92 Å². The van der Waals surface area contributed by atoms with Gasteiger partial charge in [-0.1, -0.05) is 60.3 Å². The second-order valence-corrected chi connectivity index (χ2v) is 8.74. The van der Waals surface area contributed by atoms with Crippen molar-refractivity contribution < 1.29 is 4.79 Å². The van der Waals surface area contributed by atoms with Gasteiger partial charge in [0.25, 0.3) is 0 Å². The van der Waals surface area contributed by atoms with Crippen LogP contribution in [-0.4, -0.2) is 49.4 Å². The molecule has 0 unspecified atom stereocenters. The average Bonchev–Trinajstić information content (AvgIpc) is 3.23. The number of nitrogens with zero attached hydrogens (tertiary/aromatic N) is 5. The van der Waals surface area contributed by atoms with Crippen LogP contribution in [0.15, 0.2) is 65.8 Å². The zero-order valence-corrected chi connectivity index (χ0v) is 17.3. The van der Waals surface area contributed by atoms with Crippen molar-refractivity contribution in [3.63, 3.8) is 0 Å². The van der Waals surface area contributed by atoms with Crippen molar-refractivity contribution in [1.29, 1.82) is 0 Å². The van der Waals surface area contributed by atoms with Crippen LogP contribution in [0.2, 0.25) is 0 Å². The summed E-state index contributed by atoms with van der Waals surface area (Å²) < 4.78 is 1.68. The first kappa shape index (κ1) is 19.6. The first-order valence-electron chi connectivity index (χ1n) is 10.0. The molecule has 0 spiro atoms. The molecule has 0 radical (unpaired) electrons. The van der Waals surface area contributed by atoms with Gasteiger partial charge in [-0.15, -0.1) is 5.10 Å². The number of tetrazole rings is 1. The Morgan fingerprint density at radius 3 is 2.41 bits per heavy atom. The maximum Gasteiger partial charge on any atom is 0.235 e. The Kier molecular flexibility index (Phi) is 6.24. The number of piperidine rings is 1. The van der Waals surface area contributed by atoms with Gasteiger partial charge in [0.1, 0.15) is 0 Å². The highest BCUT2D eigenvalue weighted by Gasteiger charge is 2.28. The Bertz CT molecular complexity index is 923. The van der Waals surface area contributed by atoms with Crippen molar-refractivity contribution >= 4 is 17.7 Å². The summed E-state index contributed by atoms with van der Waals surface area (Å²) in [6.07, 6.45) is 3.21. The molecule has 4 rings (SSSR count). The zero-order valence-electron chi connectivity index (χ0n) is 16.5. The van der Waals surface area contributed by atoms with Crippen molar-refractivity contribution in [2.75, 3.05) is 13.1 Å². The summed E-state index contributed by atoms with van der Waals surface area (Å²) in [7, 11) is 0. The number of hydrogen-bond acceptors (Lipinski definition) is 5. The first-order chi connectivity index (χ1) is 14.2. The topological polar surface area (TPSA) is 63.9 Å². The van der Waals surface area contributed by atoms with Gasteiger partial charge in [0.15, 0.2) is 0 Å². The van der Waals surface area contributed by atoms with E-state index in [1.165, 1.54) is 17.3 Å². The molecule has 150 valence electrons. The smallest absolute Gasteiger partial charge is 0.235 e. The summed E-state index contributed by atoms with van der Waals surface area (Å²) in [5, 5.41) is 12.4. The molecule has 6 nitrogen and oxygen atoms in total. The number of thioether (sulfide) groups is 1. The summed E-state index contributed by atoms with van der Waals surface area (Å²) in [5.41, 5.74) is 2.27. The quantitative estimate of drug-likeness (QED) is 0.584. The minimum Gasteiger partial charge on any atom is -0.342 e. The van der Waals surface area contributed by atoms with Crippen LogP contribution in [-0.2, 0) is 11.2 Å². The van der Waals surface area contributed by atoms with Crippen LogP contribution in [0.5, 0.6) is 0 Å². The van der Waals surface area contributed by atoms with Crippen molar-refractivity contribution in [1.82, 2.24) is 25.1 Å². The highest BCUT2D eigenvalue weighted by molar-refractivity contribution is 8.00. The molecule has 1 aromatic heterocycles. The van der Waals surface area contributed by atoms with Gasteiger partial charge in [-0.25, -0.2) is 0 Å². The molecule has 1 fully saturated rings. The summed E-state index contributed by atoms with van der Waals surface area (Å²) in [5.74, 6) is 0.811. The molecular formula is C22H25N5OS. The van der Waals surface area contributed by atoms with Crippen LogP contribution in [0.4, 0.5) is 0 Å². The number of para-hydroxylation sites is 1. The van der Waals surface area contributed by atoms with Crippen molar-refractivity contribution in [2.45, 2.75) is 36.6 Å². The fourth-order valence-electron chi connectivity index (χ4n) is 3.75. The van der Waals surface area contributed by atoms with Gasteiger partial charge < -0.3 is 4.90 Å². The predicted molar refractivity (Wildman–Crippen MR) is 114 cm³/mol. The van der Waals surface area contributed by atoms with Gasteiger partial charge in [0, 0.05) is 13.1 Å². The number of aromatic nitrogens is 4. The molecule has 0 bridgehead atoms. The fourth-order valence-corrected chi connectivity index (χ4v) is 4.65. The van der Waals surface area contributed by atoms with E-state index >= 15 is 0 Å². The number of carbonyl (C=O) groups is 1. The van der Waals surface area contributed by atoms with E-state index in [1.807, 2.05) is 42.2 Å². The molecule has 0 aliphatic carbocycles. The van der Waals surface area contributed by atoms with E-state index < -0.39 is 0 Å². The lowest BCUT2D eigenvalue weighted by Gasteiger charge is -2.33. The van der Waals surface area contributed by atoms with Crippen LogP contribution in [0.3, 0.4) is 0 Å². The molecular weight excluding hydrogens is 382 g/mol. The largest absolute Gasteiger partial charge is 0.342 e. The second kappa shape index (κ2) is 9.22. The third kappa shape index (κ3) is 4.85. The molecule has 1 aliphatic heterocycles. The zero-order chi connectivity index (χ0) is 20.1. The number of likely N-dealkylation sites (tertiary alicyclic amines) is 1. The summed E-state index contributed by atoms with van der Waals surface area (Å²) in [6, 6.07) is 20.4. The van der Waals surface area contributed by atoms with Gasteiger partial charge in [0.05, 0.1) is 10.9 Å². The molecule has 2 heterocycles. The predicted octanol–water partition coefficient (Wildman–Crippen LogP) is 3.62. The molecule has 0 N–H and O–H groups in total. The van der Waals surface area contributed by atoms with Gasteiger partial charge in [0.2, 0.25) is 11.1 Å². The molecule has 2 aromatic carbocycles. The summed E-state index contributed by atoms with van der Waals surface area (Å²) in [4.78, 5) is 15.0. The van der Waals surface area contributed by atoms with Crippen LogP contribution in [0.25, 0.3) is 5.69 Å². The van der Waals surface area contributed by atoms with E-state index in [4.69, 9.17) is 0 Å². The number of hydrogen-bond donors (Lipinski definition) is 0. The molecule has 1 amide bonds. The van der Waals surface area contributed by atoms with E-state index in [1.54, 1.807) is 4.68 Å². The average molecular weight is 408 g/mol. The Labute approximate surface area is 175 Å². The molecule has 1 atom stereocenters. The molecule has 0 saturated carbocycles. The highest BCUT2D eigenvalue weighted by atomic mass is 32.2. The molecule has 29 heavy (non-hydrogen) atoms. The standard InChI is InChI=1S/C22H25N5OS/c1-17(29-22-23-24-25-27(22)20-10-6-3-7-11-20)21(28)26-14-12-19(13-15-26)16-18-8-4-2-5-9-18/h2-11,17,19H,12-16H2,1H3/t17-/m0/s1. The minimum atomic E-state index is -0.228. The van der Waals surface area contributed by atoms with Gasteiger partial charge in [-0.3, -0.25) is 4.79 Å².